The van der Waals surface area contributed by atoms with Crippen molar-refractivity contribution in [2.45, 2.75) is 11.0 Å². The second-order valence-electron chi connectivity index (χ2n) is 4.24. The maximum atomic E-state index is 12.3. The molecule has 1 heterocycles. The van der Waals surface area contributed by atoms with Gasteiger partial charge >= 0.3 is 0 Å². The van der Waals surface area contributed by atoms with Crippen LogP contribution in [-0.4, -0.2) is 47.9 Å². The summed E-state index contributed by atoms with van der Waals surface area (Å²) in [6, 6.07) is 7.59. The summed E-state index contributed by atoms with van der Waals surface area (Å²) in [4.78, 5) is 15.5. The van der Waals surface area contributed by atoms with Crippen LogP contribution < -0.4 is 5.73 Å². The van der Waals surface area contributed by atoms with E-state index in [4.69, 9.17) is 22.7 Å². The molecule has 0 radical (unpaired) electrons. The molecule has 1 fully saturated rings. The Morgan fingerprint density at radius 3 is 2.74 bits per heavy atom. The van der Waals surface area contributed by atoms with Gasteiger partial charge in [-0.05, 0) is 30.5 Å². The summed E-state index contributed by atoms with van der Waals surface area (Å²) in [6.07, 6.45) is 1.67. The molecule has 1 atom stereocenters. The van der Waals surface area contributed by atoms with Crippen molar-refractivity contribution in [2.75, 3.05) is 26.0 Å². The van der Waals surface area contributed by atoms with E-state index in [0.717, 1.165) is 4.90 Å². The Labute approximate surface area is 122 Å². The zero-order valence-electron chi connectivity index (χ0n) is 10.7. The number of thiocarbonyl (C=S) groups is 1. The number of ether oxygens (including phenoxy) is 1. The first-order valence-electron chi connectivity index (χ1n) is 5.96. The first kappa shape index (κ1) is 14.3. The van der Waals surface area contributed by atoms with Crippen molar-refractivity contribution in [1.29, 1.82) is 0 Å². The van der Waals surface area contributed by atoms with Gasteiger partial charge in [0.25, 0.3) is 5.91 Å². The topological polar surface area (TPSA) is 55.6 Å². The number of benzene rings is 1. The molecule has 1 unspecified atom stereocenters. The van der Waals surface area contributed by atoms with Gasteiger partial charge in [-0.15, -0.1) is 11.8 Å². The number of thioether (sulfide) groups is 1. The number of hydrogen-bond donors (Lipinski definition) is 1. The van der Waals surface area contributed by atoms with Gasteiger partial charge in [-0.2, -0.15) is 0 Å². The second-order valence-corrected chi connectivity index (χ2v) is 5.59. The van der Waals surface area contributed by atoms with Crippen LogP contribution in [0, 0.1) is 0 Å². The number of nitrogens with two attached hydrogens (primary N) is 1. The maximum absolute atomic E-state index is 12.3. The van der Waals surface area contributed by atoms with Crippen LogP contribution in [0.4, 0.5) is 0 Å². The van der Waals surface area contributed by atoms with E-state index in [1.165, 1.54) is 0 Å². The van der Waals surface area contributed by atoms with E-state index in [9.17, 15) is 4.79 Å². The smallest absolute Gasteiger partial charge is 0.254 e. The van der Waals surface area contributed by atoms with Gasteiger partial charge < -0.3 is 15.4 Å². The molecule has 0 bridgehead atoms. The van der Waals surface area contributed by atoms with Gasteiger partial charge in [0.05, 0.1) is 13.2 Å². The molecule has 1 aliphatic rings. The number of carbonyl (C=O) groups is 1. The van der Waals surface area contributed by atoms with E-state index in [1.807, 2.05) is 30.5 Å². The van der Waals surface area contributed by atoms with E-state index in [2.05, 4.69) is 0 Å². The highest BCUT2D eigenvalue weighted by molar-refractivity contribution is 7.98. The number of nitrogens with zero attached hydrogens (tertiary/aromatic N) is 1. The summed E-state index contributed by atoms with van der Waals surface area (Å²) in [5.74, 6) is -0.00259. The molecule has 6 heteroatoms. The van der Waals surface area contributed by atoms with Gasteiger partial charge in [0.1, 0.15) is 11.1 Å². The van der Waals surface area contributed by atoms with Gasteiger partial charge in [0.15, 0.2) is 0 Å². The lowest BCUT2D eigenvalue weighted by Crippen LogP contribution is -2.49. The normalized spacial score (nSPS) is 19.2. The van der Waals surface area contributed by atoms with Gasteiger partial charge in [-0.25, -0.2) is 0 Å². The average Bonchev–Trinajstić information content (AvgIpc) is 2.46. The first-order chi connectivity index (χ1) is 9.11. The highest BCUT2D eigenvalue weighted by Crippen LogP contribution is 2.17. The molecule has 0 aromatic heterocycles. The van der Waals surface area contributed by atoms with Crippen LogP contribution in [0.3, 0.4) is 0 Å². The molecule has 1 saturated heterocycles. The van der Waals surface area contributed by atoms with Crippen molar-refractivity contribution < 1.29 is 9.53 Å². The molecule has 1 aromatic rings. The quantitative estimate of drug-likeness (QED) is 0.677. The van der Waals surface area contributed by atoms with E-state index >= 15 is 0 Å². The molecule has 2 rings (SSSR count). The fraction of sp³-hybridized carbons (Fsp3) is 0.385. The Kier molecular flexibility index (Phi) is 4.79. The van der Waals surface area contributed by atoms with Crippen LogP contribution in [0.15, 0.2) is 29.2 Å². The van der Waals surface area contributed by atoms with Gasteiger partial charge in [0, 0.05) is 17.0 Å². The number of morpholine rings is 1. The summed E-state index contributed by atoms with van der Waals surface area (Å²) in [7, 11) is 0. The highest BCUT2D eigenvalue weighted by atomic mass is 32.2. The van der Waals surface area contributed by atoms with E-state index < -0.39 is 0 Å². The van der Waals surface area contributed by atoms with Gasteiger partial charge in [-0.3, -0.25) is 4.79 Å². The summed E-state index contributed by atoms with van der Waals surface area (Å²) in [5.41, 5.74) is 6.25. The van der Waals surface area contributed by atoms with Crippen LogP contribution in [-0.2, 0) is 4.74 Å². The molecule has 1 amide bonds. The summed E-state index contributed by atoms with van der Waals surface area (Å²) >= 11 is 6.57. The largest absolute Gasteiger partial charge is 0.391 e. The molecule has 2 N–H and O–H groups in total. The maximum Gasteiger partial charge on any atom is 0.254 e. The van der Waals surface area contributed by atoms with Crippen molar-refractivity contribution in [3.8, 4) is 0 Å². The van der Waals surface area contributed by atoms with Crippen molar-refractivity contribution in [1.82, 2.24) is 4.90 Å². The van der Waals surface area contributed by atoms with E-state index in [-0.39, 0.29) is 12.0 Å². The Hall–Kier alpha value is -1.11. The molecule has 102 valence electrons. The van der Waals surface area contributed by atoms with Gasteiger partial charge in [0.2, 0.25) is 0 Å². The third-order valence-electron chi connectivity index (χ3n) is 3.01. The third-order valence-corrected chi connectivity index (χ3v) is 4.01. The Bertz CT molecular complexity index is 476. The van der Waals surface area contributed by atoms with Crippen LogP contribution in [0.5, 0.6) is 0 Å². The molecule has 0 saturated carbocycles. The second kappa shape index (κ2) is 6.36. The number of amides is 1. The van der Waals surface area contributed by atoms with Crippen molar-refractivity contribution in [3.63, 3.8) is 0 Å². The SMILES string of the molecule is CSc1ccc(C(=O)N2CCOC(C(N)=S)C2)cc1. The van der Waals surface area contributed by atoms with Crippen molar-refractivity contribution in [2.24, 2.45) is 5.73 Å². The minimum absolute atomic E-state index is 0.00259. The number of carbonyl (C=O) groups excluding carboxylic acids is 1. The van der Waals surface area contributed by atoms with Crippen LogP contribution in [0.2, 0.25) is 0 Å². The summed E-state index contributed by atoms with van der Waals surface area (Å²) in [6.45, 7) is 1.47. The molecule has 1 aliphatic heterocycles. The van der Waals surface area contributed by atoms with Crippen LogP contribution >= 0.6 is 24.0 Å². The lowest BCUT2D eigenvalue weighted by molar-refractivity contribution is 0.00878. The minimum atomic E-state index is -0.335. The van der Waals surface area contributed by atoms with Crippen molar-refractivity contribution in [3.05, 3.63) is 29.8 Å². The molecule has 0 aliphatic carbocycles. The fourth-order valence-electron chi connectivity index (χ4n) is 1.92. The van der Waals surface area contributed by atoms with E-state index in [0.29, 0.717) is 30.2 Å². The predicted molar refractivity (Wildman–Crippen MR) is 80.7 cm³/mol. The molecule has 4 nitrogen and oxygen atoms in total. The average molecular weight is 296 g/mol. The molecule has 0 spiro atoms. The monoisotopic (exact) mass is 296 g/mol. The lowest BCUT2D eigenvalue weighted by atomic mass is 10.1. The third kappa shape index (κ3) is 3.46. The number of rotatable bonds is 3. The van der Waals surface area contributed by atoms with Gasteiger partial charge in [-0.1, -0.05) is 12.2 Å². The molecule has 1 aromatic carbocycles. The summed E-state index contributed by atoms with van der Waals surface area (Å²) in [5, 5.41) is 0. The zero-order chi connectivity index (χ0) is 13.8. The molecule has 19 heavy (non-hydrogen) atoms. The van der Waals surface area contributed by atoms with Crippen LogP contribution in [0.1, 0.15) is 10.4 Å². The molecular formula is C13H16N2O2S2. The van der Waals surface area contributed by atoms with Crippen molar-refractivity contribution >= 4 is 34.9 Å². The summed E-state index contributed by atoms with van der Waals surface area (Å²) < 4.78 is 5.43. The number of hydrogen-bond acceptors (Lipinski definition) is 4. The Morgan fingerprint density at radius 2 is 2.16 bits per heavy atom. The zero-order valence-corrected chi connectivity index (χ0v) is 12.3. The van der Waals surface area contributed by atoms with E-state index in [1.54, 1.807) is 16.7 Å². The fourth-order valence-corrected chi connectivity index (χ4v) is 2.47. The standard InChI is InChI=1S/C13H16N2O2S2/c1-19-10-4-2-9(3-5-10)13(16)15-6-7-17-11(8-15)12(14)18/h2-5,11H,6-8H2,1H3,(H2,14,18). The highest BCUT2D eigenvalue weighted by Gasteiger charge is 2.26. The predicted octanol–water partition coefficient (Wildman–Crippen LogP) is 1.54. The first-order valence-corrected chi connectivity index (χ1v) is 7.59. The minimum Gasteiger partial charge on any atom is -0.391 e. The lowest BCUT2D eigenvalue weighted by Gasteiger charge is -2.32. The Balaban J connectivity index is 2.07. The van der Waals surface area contributed by atoms with Crippen LogP contribution in [0.25, 0.3) is 0 Å². The molecular weight excluding hydrogens is 280 g/mol. The Morgan fingerprint density at radius 1 is 1.47 bits per heavy atom.